The third kappa shape index (κ3) is 149. The standard InChI is InChI=1S/CH4.FH.K.H2O4S.H/c;;;1-5(2,3)4;/h1H4;1H;;(H2,1,2,3,4);/q;;+1;;-1. The smallest absolute Gasteiger partial charge is 1.00 e. The Morgan fingerprint density at radius 2 is 1.25 bits per heavy atom. The van der Waals surface area contributed by atoms with Gasteiger partial charge in [-0.05, 0) is 0 Å². The maximum atomic E-state index is 8.74. The molecule has 50 valence electrons. The summed E-state index contributed by atoms with van der Waals surface area (Å²) in [5, 5.41) is 0. The first kappa shape index (κ1) is 22.7. The van der Waals surface area contributed by atoms with E-state index in [4.69, 9.17) is 17.5 Å². The molecule has 0 spiro atoms. The molecule has 0 aromatic rings. The van der Waals surface area contributed by atoms with Gasteiger partial charge in [-0.15, -0.1) is 0 Å². The maximum absolute atomic E-state index is 8.74. The topological polar surface area (TPSA) is 74.6 Å². The molecule has 0 saturated heterocycles. The van der Waals surface area contributed by atoms with E-state index in [2.05, 4.69) is 0 Å². The third-order valence-electron chi connectivity index (χ3n) is 0. The van der Waals surface area contributed by atoms with Crippen molar-refractivity contribution in [3.05, 3.63) is 0 Å². The molecule has 0 unspecified atom stereocenters. The van der Waals surface area contributed by atoms with Crippen LogP contribution in [0.2, 0.25) is 0 Å². The van der Waals surface area contributed by atoms with E-state index in [1.54, 1.807) is 0 Å². The zero-order valence-corrected chi connectivity index (χ0v) is 7.47. The van der Waals surface area contributed by atoms with Crippen LogP contribution in [-0.2, 0) is 10.4 Å². The van der Waals surface area contributed by atoms with Crippen molar-refractivity contribution < 1.29 is 75.0 Å². The van der Waals surface area contributed by atoms with Gasteiger partial charge < -0.3 is 1.43 Å². The van der Waals surface area contributed by atoms with Crippen LogP contribution in [0, 0.1) is 0 Å². The third-order valence-corrected chi connectivity index (χ3v) is 0. The van der Waals surface area contributed by atoms with E-state index in [0.717, 1.165) is 0 Å². The average Bonchev–Trinajstić information content (AvgIpc) is 0.722. The second-order valence-corrected chi connectivity index (χ2v) is 1.34. The molecule has 0 aromatic carbocycles. The Kier molecular flexibility index (Phi) is 24.0. The molecular formula is CH8FKO4S. The number of rotatable bonds is 0. The zero-order valence-electron chi connectivity index (χ0n) is 4.53. The van der Waals surface area contributed by atoms with Gasteiger partial charge in [0.15, 0.2) is 0 Å². The minimum absolute atomic E-state index is 0. The van der Waals surface area contributed by atoms with Gasteiger partial charge in [0.2, 0.25) is 0 Å². The van der Waals surface area contributed by atoms with Crippen molar-refractivity contribution in [2.24, 2.45) is 0 Å². The second kappa shape index (κ2) is 8.44. The van der Waals surface area contributed by atoms with E-state index in [-0.39, 0.29) is 64.9 Å². The molecule has 0 bridgehead atoms. The van der Waals surface area contributed by atoms with Crippen molar-refractivity contribution in [1.82, 2.24) is 0 Å². The zero-order chi connectivity index (χ0) is 4.50. The van der Waals surface area contributed by atoms with Gasteiger partial charge in [-0.1, -0.05) is 7.43 Å². The molecule has 0 fully saturated rings. The second-order valence-electron chi connectivity index (χ2n) is 0.448. The van der Waals surface area contributed by atoms with Crippen molar-refractivity contribution in [3.63, 3.8) is 0 Å². The van der Waals surface area contributed by atoms with Crippen LogP contribution in [0.25, 0.3) is 0 Å². The Balaban J connectivity index is -0.0000000133. The van der Waals surface area contributed by atoms with Crippen LogP contribution in [0.5, 0.6) is 0 Å². The largest absolute Gasteiger partial charge is 1.00 e. The van der Waals surface area contributed by atoms with Gasteiger partial charge in [-0.3, -0.25) is 13.8 Å². The van der Waals surface area contributed by atoms with Gasteiger partial charge in [0.25, 0.3) is 0 Å². The van der Waals surface area contributed by atoms with Crippen molar-refractivity contribution in [1.29, 1.82) is 0 Å². The fourth-order valence-corrected chi connectivity index (χ4v) is 0. The first-order chi connectivity index (χ1) is 2.00. The van der Waals surface area contributed by atoms with E-state index >= 15 is 0 Å². The van der Waals surface area contributed by atoms with Crippen LogP contribution in [0.1, 0.15) is 8.85 Å². The summed E-state index contributed by atoms with van der Waals surface area (Å²) in [6, 6.07) is 0. The predicted octanol–water partition coefficient (Wildman–Crippen LogP) is -2.75. The quantitative estimate of drug-likeness (QED) is 0.308. The summed E-state index contributed by atoms with van der Waals surface area (Å²) in [6.07, 6.45) is 0. The van der Waals surface area contributed by atoms with Crippen LogP contribution < -0.4 is 51.4 Å². The van der Waals surface area contributed by atoms with Crippen LogP contribution in [0.3, 0.4) is 0 Å². The summed E-state index contributed by atoms with van der Waals surface area (Å²) in [5.41, 5.74) is 0. The Bertz CT molecular complexity index is 104. The van der Waals surface area contributed by atoms with Gasteiger partial charge in [0.05, 0.1) is 0 Å². The van der Waals surface area contributed by atoms with Crippen molar-refractivity contribution >= 4 is 10.4 Å². The molecule has 0 aliphatic rings. The van der Waals surface area contributed by atoms with E-state index in [1.807, 2.05) is 0 Å². The van der Waals surface area contributed by atoms with Crippen molar-refractivity contribution in [3.8, 4) is 0 Å². The summed E-state index contributed by atoms with van der Waals surface area (Å²) in [4.78, 5) is 0. The molecule has 0 amide bonds. The van der Waals surface area contributed by atoms with Crippen molar-refractivity contribution in [2.45, 2.75) is 7.43 Å². The summed E-state index contributed by atoms with van der Waals surface area (Å²) in [6.45, 7) is 0. The van der Waals surface area contributed by atoms with E-state index in [9.17, 15) is 0 Å². The molecule has 4 nitrogen and oxygen atoms in total. The van der Waals surface area contributed by atoms with E-state index in [0.29, 0.717) is 0 Å². The summed E-state index contributed by atoms with van der Waals surface area (Å²) < 4.78 is 31.6. The summed E-state index contributed by atoms with van der Waals surface area (Å²) >= 11 is 0. The summed E-state index contributed by atoms with van der Waals surface area (Å²) in [7, 11) is -4.67. The number of halogens is 1. The van der Waals surface area contributed by atoms with Crippen molar-refractivity contribution in [2.75, 3.05) is 0 Å². The molecule has 0 rings (SSSR count). The van der Waals surface area contributed by atoms with E-state index < -0.39 is 10.4 Å². The fourth-order valence-electron chi connectivity index (χ4n) is 0. The molecular weight excluding hydrogens is 166 g/mol. The van der Waals surface area contributed by atoms with Crippen LogP contribution >= 0.6 is 0 Å². The Labute approximate surface area is 91.5 Å². The first-order valence-electron chi connectivity index (χ1n) is 0.698. The number of hydrogen-bond acceptors (Lipinski definition) is 2. The number of hydrogen-bond donors (Lipinski definition) is 2. The molecule has 0 aliphatic carbocycles. The Morgan fingerprint density at radius 3 is 1.25 bits per heavy atom. The molecule has 8 heavy (non-hydrogen) atoms. The average molecular weight is 174 g/mol. The van der Waals surface area contributed by atoms with Gasteiger partial charge in [0, 0.05) is 0 Å². The SMILES string of the molecule is C.F.O=S(=O)(O)O.[H-].[K+]. The molecule has 0 saturated carbocycles. The van der Waals surface area contributed by atoms with Gasteiger partial charge >= 0.3 is 61.8 Å². The molecule has 7 heteroatoms. The maximum Gasteiger partial charge on any atom is 1.00 e. The normalized spacial score (nSPS) is 7.25. The molecule has 0 radical (unpaired) electrons. The van der Waals surface area contributed by atoms with Crippen LogP contribution in [0.4, 0.5) is 4.70 Å². The minimum atomic E-state index is -4.67. The van der Waals surface area contributed by atoms with Gasteiger partial charge in [-0.25, -0.2) is 0 Å². The fraction of sp³-hybridized carbons (Fsp3) is 1.00. The van der Waals surface area contributed by atoms with Gasteiger partial charge in [-0.2, -0.15) is 8.42 Å². The molecule has 0 atom stereocenters. The Hall–Kier alpha value is 1.44. The summed E-state index contributed by atoms with van der Waals surface area (Å²) in [5.74, 6) is 0. The molecule has 2 N–H and O–H groups in total. The van der Waals surface area contributed by atoms with Crippen LogP contribution in [-0.4, -0.2) is 17.5 Å². The first-order valence-corrected chi connectivity index (χ1v) is 2.10. The predicted molar refractivity (Wildman–Crippen MR) is 24.5 cm³/mol. The van der Waals surface area contributed by atoms with Gasteiger partial charge in [0.1, 0.15) is 0 Å². The molecule has 0 aromatic heterocycles. The Morgan fingerprint density at radius 1 is 1.25 bits per heavy atom. The molecule has 0 heterocycles. The monoisotopic (exact) mass is 174 g/mol. The molecule has 0 aliphatic heterocycles. The van der Waals surface area contributed by atoms with Crippen LogP contribution in [0.15, 0.2) is 0 Å². The van der Waals surface area contributed by atoms with E-state index in [1.165, 1.54) is 0 Å². The minimum Gasteiger partial charge on any atom is -1.00 e.